The molecule has 0 radical (unpaired) electrons. The van der Waals surface area contributed by atoms with Crippen molar-refractivity contribution in [2.75, 3.05) is 7.11 Å². The molecular formula is C15H17F6NO2. The molecule has 136 valence electrons. The Labute approximate surface area is 135 Å². The van der Waals surface area contributed by atoms with Gasteiger partial charge in [0.1, 0.15) is 6.04 Å². The number of hydrogen-bond donors (Lipinski definition) is 1. The SMILES string of the molecule is COC(=O)C(CC(C(F)(F)F)C(F)(F)F)NCc1cccc(C)c1. The highest BCUT2D eigenvalue weighted by Gasteiger charge is 2.57. The van der Waals surface area contributed by atoms with Crippen molar-refractivity contribution in [1.82, 2.24) is 5.32 Å². The first-order valence-electron chi connectivity index (χ1n) is 6.95. The van der Waals surface area contributed by atoms with Crippen molar-refractivity contribution in [3.63, 3.8) is 0 Å². The fourth-order valence-electron chi connectivity index (χ4n) is 2.16. The molecule has 0 aromatic heterocycles. The molecule has 0 aliphatic rings. The van der Waals surface area contributed by atoms with E-state index in [4.69, 9.17) is 0 Å². The highest BCUT2D eigenvalue weighted by molar-refractivity contribution is 5.75. The Morgan fingerprint density at radius 2 is 1.75 bits per heavy atom. The normalized spacial score (nSPS) is 13.9. The number of nitrogens with one attached hydrogen (secondary N) is 1. The highest BCUT2D eigenvalue weighted by atomic mass is 19.4. The average molecular weight is 357 g/mol. The monoisotopic (exact) mass is 357 g/mol. The summed E-state index contributed by atoms with van der Waals surface area (Å²) in [4.78, 5) is 11.6. The van der Waals surface area contributed by atoms with Gasteiger partial charge in [0.05, 0.1) is 7.11 Å². The van der Waals surface area contributed by atoms with Crippen LogP contribution >= 0.6 is 0 Å². The van der Waals surface area contributed by atoms with Crippen LogP contribution in [0, 0.1) is 12.8 Å². The molecule has 0 fully saturated rings. The summed E-state index contributed by atoms with van der Waals surface area (Å²) in [6.45, 7) is 1.72. The molecule has 0 saturated heterocycles. The van der Waals surface area contributed by atoms with Crippen LogP contribution in [-0.4, -0.2) is 31.5 Å². The molecule has 1 rings (SSSR count). The number of alkyl halides is 6. The van der Waals surface area contributed by atoms with E-state index >= 15 is 0 Å². The molecule has 0 amide bonds. The molecule has 1 aromatic rings. The lowest BCUT2D eigenvalue weighted by Crippen LogP contribution is -2.45. The van der Waals surface area contributed by atoms with Crippen LogP contribution in [0.15, 0.2) is 24.3 Å². The van der Waals surface area contributed by atoms with E-state index in [1.165, 1.54) is 0 Å². The van der Waals surface area contributed by atoms with Gasteiger partial charge in [-0.15, -0.1) is 0 Å². The molecule has 1 aromatic carbocycles. The standard InChI is InChI=1S/C15H17F6NO2/c1-9-4-3-5-10(6-9)8-22-11(13(23)24-2)7-12(14(16,17)18)15(19,20)21/h3-6,11-12,22H,7-8H2,1-2H3. The third kappa shape index (κ3) is 6.03. The van der Waals surface area contributed by atoms with E-state index < -0.39 is 36.7 Å². The van der Waals surface area contributed by atoms with Gasteiger partial charge >= 0.3 is 18.3 Å². The predicted molar refractivity (Wildman–Crippen MR) is 74.0 cm³/mol. The summed E-state index contributed by atoms with van der Waals surface area (Å²) in [6.07, 6.45) is -12.5. The maximum atomic E-state index is 12.7. The summed E-state index contributed by atoms with van der Waals surface area (Å²) in [6, 6.07) is 5.08. The third-order valence-electron chi connectivity index (χ3n) is 3.38. The molecule has 0 saturated carbocycles. The van der Waals surface area contributed by atoms with Crippen molar-refractivity contribution in [1.29, 1.82) is 0 Å². The van der Waals surface area contributed by atoms with Crippen LogP contribution in [-0.2, 0) is 16.1 Å². The molecule has 0 spiro atoms. The molecule has 0 heterocycles. The van der Waals surface area contributed by atoms with E-state index in [2.05, 4.69) is 10.1 Å². The summed E-state index contributed by atoms with van der Waals surface area (Å²) in [5.74, 6) is -4.79. The number of ether oxygens (including phenoxy) is 1. The zero-order chi connectivity index (χ0) is 18.5. The van der Waals surface area contributed by atoms with Crippen molar-refractivity contribution in [3.05, 3.63) is 35.4 Å². The Bertz CT molecular complexity index is 542. The van der Waals surface area contributed by atoms with Gasteiger partial charge in [0, 0.05) is 6.54 Å². The van der Waals surface area contributed by atoms with E-state index in [0.29, 0.717) is 5.56 Å². The van der Waals surface area contributed by atoms with Crippen LogP contribution in [0.25, 0.3) is 0 Å². The van der Waals surface area contributed by atoms with Crippen LogP contribution in [0.3, 0.4) is 0 Å². The first kappa shape index (κ1) is 20.3. The summed E-state index contributed by atoms with van der Waals surface area (Å²) in [7, 11) is 0.903. The Hall–Kier alpha value is -1.77. The molecule has 1 atom stereocenters. The van der Waals surface area contributed by atoms with Gasteiger partial charge in [0.2, 0.25) is 0 Å². The fraction of sp³-hybridized carbons (Fsp3) is 0.533. The quantitative estimate of drug-likeness (QED) is 0.622. The first-order chi connectivity index (χ1) is 10.9. The number of carbonyl (C=O) groups excluding carboxylic acids is 1. The Balaban J connectivity index is 2.90. The number of esters is 1. The molecule has 1 unspecified atom stereocenters. The lowest BCUT2D eigenvalue weighted by molar-refractivity contribution is -0.286. The molecular weight excluding hydrogens is 340 g/mol. The fourth-order valence-corrected chi connectivity index (χ4v) is 2.16. The van der Waals surface area contributed by atoms with Gasteiger partial charge in [0.25, 0.3) is 0 Å². The number of rotatable bonds is 6. The largest absolute Gasteiger partial charge is 0.468 e. The summed E-state index contributed by atoms with van der Waals surface area (Å²) < 4.78 is 80.3. The Morgan fingerprint density at radius 3 is 2.21 bits per heavy atom. The third-order valence-corrected chi connectivity index (χ3v) is 3.38. The molecule has 24 heavy (non-hydrogen) atoms. The summed E-state index contributed by atoms with van der Waals surface area (Å²) >= 11 is 0. The number of carbonyl (C=O) groups is 1. The second kappa shape index (κ2) is 7.87. The molecule has 3 nitrogen and oxygen atoms in total. The van der Waals surface area contributed by atoms with Crippen LogP contribution < -0.4 is 5.32 Å². The van der Waals surface area contributed by atoms with Gasteiger partial charge in [-0.3, -0.25) is 4.79 Å². The molecule has 9 heteroatoms. The lowest BCUT2D eigenvalue weighted by atomic mass is 9.98. The van der Waals surface area contributed by atoms with Gasteiger partial charge in [-0.25, -0.2) is 0 Å². The Morgan fingerprint density at radius 1 is 1.17 bits per heavy atom. The summed E-state index contributed by atoms with van der Waals surface area (Å²) in [5, 5.41) is 2.41. The average Bonchev–Trinajstić information content (AvgIpc) is 2.44. The van der Waals surface area contributed by atoms with Crippen molar-refractivity contribution >= 4 is 5.97 Å². The van der Waals surface area contributed by atoms with Crippen molar-refractivity contribution in [2.45, 2.75) is 38.3 Å². The number of methoxy groups -OCH3 is 1. The van der Waals surface area contributed by atoms with Crippen molar-refractivity contribution in [3.8, 4) is 0 Å². The molecule has 0 aliphatic carbocycles. The van der Waals surface area contributed by atoms with Gasteiger partial charge in [-0.1, -0.05) is 29.8 Å². The second-order valence-electron chi connectivity index (χ2n) is 5.32. The molecule has 0 aliphatic heterocycles. The van der Waals surface area contributed by atoms with E-state index in [1.54, 1.807) is 31.2 Å². The van der Waals surface area contributed by atoms with Gasteiger partial charge < -0.3 is 10.1 Å². The van der Waals surface area contributed by atoms with Crippen molar-refractivity contribution < 1.29 is 35.9 Å². The minimum Gasteiger partial charge on any atom is -0.468 e. The number of hydrogen-bond acceptors (Lipinski definition) is 3. The van der Waals surface area contributed by atoms with Crippen LogP contribution in [0.5, 0.6) is 0 Å². The van der Waals surface area contributed by atoms with E-state index in [0.717, 1.165) is 12.7 Å². The molecule has 0 bridgehead atoms. The van der Waals surface area contributed by atoms with Crippen LogP contribution in [0.4, 0.5) is 26.3 Å². The smallest absolute Gasteiger partial charge is 0.400 e. The predicted octanol–water partition coefficient (Wildman–Crippen LogP) is 3.76. The maximum Gasteiger partial charge on any atom is 0.400 e. The minimum absolute atomic E-state index is 0.0656. The van der Waals surface area contributed by atoms with Crippen LogP contribution in [0.1, 0.15) is 17.5 Å². The topological polar surface area (TPSA) is 38.3 Å². The molecule has 1 N–H and O–H groups in total. The van der Waals surface area contributed by atoms with E-state index in [9.17, 15) is 31.1 Å². The first-order valence-corrected chi connectivity index (χ1v) is 6.95. The van der Waals surface area contributed by atoms with Gasteiger partial charge in [-0.2, -0.15) is 26.3 Å². The lowest BCUT2D eigenvalue weighted by Gasteiger charge is -2.26. The number of halogens is 6. The zero-order valence-electron chi connectivity index (χ0n) is 13.0. The second-order valence-corrected chi connectivity index (χ2v) is 5.32. The van der Waals surface area contributed by atoms with E-state index in [1.807, 2.05) is 0 Å². The van der Waals surface area contributed by atoms with Gasteiger partial charge in [0.15, 0.2) is 5.92 Å². The van der Waals surface area contributed by atoms with Gasteiger partial charge in [-0.05, 0) is 18.9 Å². The highest BCUT2D eigenvalue weighted by Crippen LogP contribution is 2.42. The number of benzene rings is 1. The van der Waals surface area contributed by atoms with Crippen LogP contribution in [0.2, 0.25) is 0 Å². The minimum atomic E-state index is -5.50. The summed E-state index contributed by atoms with van der Waals surface area (Å²) in [5.41, 5.74) is 1.49. The number of aryl methyl sites for hydroxylation is 1. The maximum absolute atomic E-state index is 12.7. The van der Waals surface area contributed by atoms with E-state index in [-0.39, 0.29) is 6.54 Å². The zero-order valence-corrected chi connectivity index (χ0v) is 13.0. The Kier molecular flexibility index (Phi) is 6.65. The van der Waals surface area contributed by atoms with Crippen molar-refractivity contribution in [2.24, 2.45) is 5.92 Å².